The lowest BCUT2D eigenvalue weighted by atomic mass is 10.2. The van der Waals surface area contributed by atoms with Gasteiger partial charge in [0.1, 0.15) is 5.75 Å². The van der Waals surface area contributed by atoms with Gasteiger partial charge in [-0.15, -0.1) is 0 Å². The molecule has 2 aromatic rings. The number of aromatic hydroxyl groups is 1. The maximum Gasteiger partial charge on any atom is 0.270 e. The third-order valence-electron chi connectivity index (χ3n) is 2.97. The third-order valence-corrected chi connectivity index (χ3v) is 4.90. The summed E-state index contributed by atoms with van der Waals surface area (Å²) in [6.45, 7) is 0. The predicted octanol–water partition coefficient (Wildman–Crippen LogP) is 3.96. The van der Waals surface area contributed by atoms with E-state index in [-0.39, 0.29) is 11.7 Å². The van der Waals surface area contributed by atoms with Gasteiger partial charge in [0.15, 0.2) is 4.32 Å². The molecule has 0 saturated carbocycles. The number of carbonyl (C=O) groups is 1. The highest BCUT2D eigenvalue weighted by molar-refractivity contribution is 9.10. The summed E-state index contributed by atoms with van der Waals surface area (Å²) < 4.78 is 1.05. The summed E-state index contributed by atoms with van der Waals surface area (Å²) in [6.07, 6.45) is 5.00. The van der Waals surface area contributed by atoms with Crippen molar-refractivity contribution in [3.8, 4) is 5.75 Å². The van der Waals surface area contributed by atoms with Crippen molar-refractivity contribution in [1.82, 2.24) is 4.98 Å². The molecule has 1 aliphatic heterocycles. The summed E-state index contributed by atoms with van der Waals surface area (Å²) in [5, 5.41) is 9.51. The van der Waals surface area contributed by atoms with Gasteiger partial charge in [-0.25, -0.2) is 0 Å². The second kappa shape index (κ2) is 6.20. The minimum atomic E-state index is -0.174. The van der Waals surface area contributed by atoms with E-state index in [0.29, 0.717) is 19.4 Å². The first-order chi connectivity index (χ1) is 10.6. The molecule has 0 spiro atoms. The average Bonchev–Trinajstić information content (AvgIpc) is 2.78. The molecule has 1 saturated heterocycles. The fourth-order valence-electron chi connectivity index (χ4n) is 1.94. The van der Waals surface area contributed by atoms with Crippen LogP contribution < -0.4 is 4.90 Å². The highest BCUT2D eigenvalue weighted by Crippen LogP contribution is 2.36. The number of hydrogen-bond acceptors (Lipinski definition) is 5. The fraction of sp³-hybridized carbons (Fsp3) is 0. The Bertz CT molecular complexity index is 793. The van der Waals surface area contributed by atoms with Crippen molar-refractivity contribution in [2.75, 3.05) is 4.90 Å². The zero-order valence-corrected chi connectivity index (χ0v) is 14.3. The molecule has 2 heterocycles. The monoisotopic (exact) mass is 392 g/mol. The first-order valence-electron chi connectivity index (χ1n) is 6.23. The summed E-state index contributed by atoms with van der Waals surface area (Å²) in [5.41, 5.74) is 1.46. The number of nitrogens with zero attached hydrogens (tertiary/aromatic N) is 2. The zero-order chi connectivity index (χ0) is 15.7. The summed E-state index contributed by atoms with van der Waals surface area (Å²) in [7, 11) is 0. The van der Waals surface area contributed by atoms with Gasteiger partial charge < -0.3 is 5.11 Å². The zero-order valence-electron chi connectivity index (χ0n) is 11.1. The molecule has 0 atom stereocenters. The van der Waals surface area contributed by atoms with E-state index in [1.54, 1.807) is 48.8 Å². The number of pyridine rings is 1. The summed E-state index contributed by atoms with van der Waals surface area (Å²) in [4.78, 5) is 18.5. The largest absolute Gasteiger partial charge is 0.507 e. The third kappa shape index (κ3) is 2.92. The number of phenolic OH excluding ortho intramolecular Hbond substituents is 1. The summed E-state index contributed by atoms with van der Waals surface area (Å²) >= 11 is 9.79. The Morgan fingerprint density at radius 2 is 2.18 bits per heavy atom. The maximum atomic E-state index is 12.5. The van der Waals surface area contributed by atoms with Crippen molar-refractivity contribution in [1.29, 1.82) is 0 Å². The Morgan fingerprint density at radius 1 is 1.36 bits per heavy atom. The molecule has 0 radical (unpaired) electrons. The molecular weight excluding hydrogens is 384 g/mol. The number of halogens is 1. The van der Waals surface area contributed by atoms with Gasteiger partial charge in [-0.05, 0) is 51.8 Å². The van der Waals surface area contributed by atoms with Crippen molar-refractivity contribution in [2.24, 2.45) is 0 Å². The van der Waals surface area contributed by atoms with Crippen LogP contribution in [0, 0.1) is 0 Å². The van der Waals surface area contributed by atoms with E-state index in [0.717, 1.165) is 5.56 Å². The van der Waals surface area contributed by atoms with Crippen LogP contribution in [-0.2, 0) is 4.79 Å². The minimum Gasteiger partial charge on any atom is -0.507 e. The lowest BCUT2D eigenvalue weighted by Crippen LogP contribution is -2.27. The Balaban J connectivity index is 1.93. The van der Waals surface area contributed by atoms with Crippen molar-refractivity contribution >= 4 is 61.9 Å². The lowest BCUT2D eigenvalue weighted by Gasteiger charge is -2.13. The van der Waals surface area contributed by atoms with E-state index in [1.165, 1.54) is 16.7 Å². The quantitative estimate of drug-likeness (QED) is 0.619. The molecule has 1 aromatic carbocycles. The normalized spacial score (nSPS) is 16.6. The van der Waals surface area contributed by atoms with Crippen LogP contribution in [0.2, 0.25) is 0 Å². The lowest BCUT2D eigenvalue weighted by molar-refractivity contribution is -0.113. The van der Waals surface area contributed by atoms with Gasteiger partial charge in [-0.2, -0.15) is 0 Å². The number of benzene rings is 1. The number of anilines is 1. The predicted molar refractivity (Wildman–Crippen MR) is 95.7 cm³/mol. The molecule has 0 unspecified atom stereocenters. The summed E-state index contributed by atoms with van der Waals surface area (Å²) in [6, 6.07) is 8.59. The van der Waals surface area contributed by atoms with Gasteiger partial charge in [-0.3, -0.25) is 14.7 Å². The number of phenols is 1. The van der Waals surface area contributed by atoms with Crippen LogP contribution in [0.3, 0.4) is 0 Å². The molecule has 22 heavy (non-hydrogen) atoms. The van der Waals surface area contributed by atoms with Crippen LogP contribution in [0.25, 0.3) is 6.08 Å². The Labute approximate surface area is 145 Å². The fourth-order valence-corrected chi connectivity index (χ4v) is 3.64. The molecule has 1 aromatic heterocycles. The van der Waals surface area contributed by atoms with Crippen molar-refractivity contribution in [3.05, 3.63) is 57.7 Å². The molecule has 1 fully saturated rings. The molecular formula is C15H9BrN2O2S2. The van der Waals surface area contributed by atoms with Crippen LogP contribution in [0.15, 0.2) is 52.1 Å². The van der Waals surface area contributed by atoms with Crippen molar-refractivity contribution in [3.63, 3.8) is 0 Å². The smallest absolute Gasteiger partial charge is 0.270 e. The second-order valence-electron chi connectivity index (χ2n) is 4.44. The molecule has 3 rings (SSSR count). The first-order valence-corrected chi connectivity index (χ1v) is 8.24. The molecule has 0 bridgehead atoms. The van der Waals surface area contributed by atoms with E-state index < -0.39 is 0 Å². The highest BCUT2D eigenvalue weighted by atomic mass is 79.9. The maximum absolute atomic E-state index is 12.5. The summed E-state index contributed by atoms with van der Waals surface area (Å²) in [5.74, 6) is -0.0211. The first kappa shape index (κ1) is 15.2. The van der Waals surface area contributed by atoms with Crippen LogP contribution >= 0.6 is 39.9 Å². The van der Waals surface area contributed by atoms with E-state index in [4.69, 9.17) is 12.2 Å². The van der Waals surface area contributed by atoms with Crippen molar-refractivity contribution in [2.45, 2.75) is 0 Å². The Morgan fingerprint density at radius 3 is 2.86 bits per heavy atom. The molecule has 1 aliphatic rings. The number of aromatic nitrogens is 1. The topological polar surface area (TPSA) is 53.4 Å². The number of carbonyl (C=O) groups excluding carboxylic acids is 1. The van der Waals surface area contributed by atoms with Crippen LogP contribution in [0.1, 0.15) is 5.56 Å². The number of thioether (sulfide) groups is 1. The van der Waals surface area contributed by atoms with Crippen LogP contribution in [-0.4, -0.2) is 20.3 Å². The van der Waals surface area contributed by atoms with E-state index >= 15 is 0 Å². The van der Waals surface area contributed by atoms with Gasteiger partial charge in [0.2, 0.25) is 0 Å². The number of thiocarbonyl (C=S) groups is 1. The molecule has 4 nitrogen and oxygen atoms in total. The molecule has 7 heteroatoms. The molecule has 0 aliphatic carbocycles. The molecule has 1 amide bonds. The molecule has 1 N–H and O–H groups in total. The van der Waals surface area contributed by atoms with Gasteiger partial charge in [-0.1, -0.05) is 30.0 Å². The highest BCUT2D eigenvalue weighted by Gasteiger charge is 2.33. The van der Waals surface area contributed by atoms with E-state index in [9.17, 15) is 9.90 Å². The number of hydrogen-bond donors (Lipinski definition) is 1. The van der Waals surface area contributed by atoms with E-state index in [2.05, 4.69) is 20.9 Å². The van der Waals surface area contributed by atoms with E-state index in [1.807, 2.05) is 0 Å². The van der Waals surface area contributed by atoms with Gasteiger partial charge in [0.05, 0.1) is 21.3 Å². The second-order valence-corrected chi connectivity index (χ2v) is 6.97. The standard InChI is InChI=1S/C15H9BrN2O2S2/c16-11-6-9(3-4-12(11)19)7-13-14(20)18(15(21)22-13)10-2-1-5-17-8-10/h1-8,19H/b13-7-. The Kier molecular flexibility index (Phi) is 4.28. The molecule has 110 valence electrons. The average molecular weight is 393 g/mol. The van der Waals surface area contributed by atoms with Crippen molar-refractivity contribution < 1.29 is 9.90 Å². The van der Waals surface area contributed by atoms with Crippen LogP contribution in [0.4, 0.5) is 5.69 Å². The van der Waals surface area contributed by atoms with Gasteiger partial charge in [0.25, 0.3) is 5.91 Å². The van der Waals surface area contributed by atoms with Gasteiger partial charge in [0, 0.05) is 6.20 Å². The SMILES string of the molecule is O=C1/C(=C/c2ccc(O)c(Br)c2)SC(=S)N1c1cccnc1. The number of amides is 1. The Hall–Kier alpha value is -1.70. The van der Waals surface area contributed by atoms with Gasteiger partial charge >= 0.3 is 0 Å². The minimum absolute atomic E-state index is 0.153. The van der Waals surface area contributed by atoms with Crippen LogP contribution in [0.5, 0.6) is 5.75 Å². The number of rotatable bonds is 2.